The predicted octanol–water partition coefficient (Wildman–Crippen LogP) is -1.11. The summed E-state index contributed by atoms with van der Waals surface area (Å²) in [6.45, 7) is 1.99. The number of aliphatic hydroxyl groups excluding tert-OH is 1. The first kappa shape index (κ1) is 9.74. The Morgan fingerprint density at radius 3 is 3.07 bits per heavy atom. The van der Waals surface area contributed by atoms with Crippen LogP contribution in [0.1, 0.15) is 6.92 Å². The monoisotopic (exact) mass is 209 g/mol. The topological polar surface area (TPSA) is 115 Å². The van der Waals surface area contributed by atoms with Gasteiger partial charge in [0.05, 0.1) is 12.6 Å². The van der Waals surface area contributed by atoms with Crippen molar-refractivity contribution in [3.05, 3.63) is 6.33 Å². The van der Waals surface area contributed by atoms with E-state index in [0.29, 0.717) is 23.5 Å². The Morgan fingerprint density at radius 1 is 1.60 bits per heavy atom. The zero-order valence-electron chi connectivity index (χ0n) is 8.12. The third kappa shape index (κ3) is 1.72. The molecule has 0 aliphatic rings. The number of hydrogen-bond donors (Lipinski definition) is 3. The summed E-state index contributed by atoms with van der Waals surface area (Å²) < 4.78 is 1.50. The van der Waals surface area contributed by atoms with Gasteiger partial charge in [-0.15, -0.1) is 5.10 Å². The Hall–Kier alpha value is -1.80. The summed E-state index contributed by atoms with van der Waals surface area (Å²) in [7, 11) is 0. The highest BCUT2D eigenvalue weighted by atomic mass is 16.3. The number of fused-ring (bicyclic) bond motifs is 1. The molecule has 0 spiro atoms. The van der Waals surface area contributed by atoms with Crippen molar-refractivity contribution in [3.8, 4) is 0 Å². The van der Waals surface area contributed by atoms with Gasteiger partial charge in [-0.1, -0.05) is 5.21 Å². The van der Waals surface area contributed by atoms with Gasteiger partial charge in [0.2, 0.25) is 0 Å². The Kier molecular flexibility index (Phi) is 2.44. The zero-order valence-corrected chi connectivity index (χ0v) is 8.12. The summed E-state index contributed by atoms with van der Waals surface area (Å²) >= 11 is 0. The highest BCUT2D eigenvalue weighted by molar-refractivity contribution is 5.81. The average Bonchev–Trinajstić information content (AvgIpc) is 2.61. The fourth-order valence-corrected chi connectivity index (χ4v) is 1.27. The molecule has 8 heteroatoms. The normalized spacial score (nSPS) is 13.0. The van der Waals surface area contributed by atoms with E-state index in [1.54, 1.807) is 6.92 Å². The molecule has 1 atom stereocenters. The molecule has 15 heavy (non-hydrogen) atoms. The number of aliphatic hydroxyl groups is 1. The van der Waals surface area contributed by atoms with Gasteiger partial charge in [0.25, 0.3) is 0 Å². The molecule has 2 rings (SSSR count). The molecule has 4 N–H and O–H groups in total. The second-order valence-electron chi connectivity index (χ2n) is 3.16. The Bertz CT molecular complexity index is 465. The zero-order chi connectivity index (χ0) is 10.8. The number of anilines is 1. The standard InChI is InChI=1S/C7H11N7O/c1-4(15)2-14-7-5(12-13-14)6(11-8)9-3-10-7/h3-4,15H,2,8H2,1H3,(H,9,10,11). The van der Waals surface area contributed by atoms with Crippen LogP contribution in [-0.2, 0) is 6.54 Å². The molecule has 0 aliphatic heterocycles. The molecule has 0 radical (unpaired) electrons. The molecule has 0 aromatic carbocycles. The summed E-state index contributed by atoms with van der Waals surface area (Å²) in [5.74, 6) is 5.67. The molecule has 0 saturated heterocycles. The van der Waals surface area contributed by atoms with E-state index in [2.05, 4.69) is 25.7 Å². The van der Waals surface area contributed by atoms with E-state index in [1.807, 2.05) is 0 Å². The molecule has 0 bridgehead atoms. The van der Waals surface area contributed by atoms with Crippen molar-refractivity contribution in [1.82, 2.24) is 25.0 Å². The van der Waals surface area contributed by atoms with Gasteiger partial charge in [-0.05, 0) is 6.92 Å². The molecular formula is C7H11N7O. The van der Waals surface area contributed by atoms with E-state index < -0.39 is 6.10 Å². The predicted molar refractivity (Wildman–Crippen MR) is 52.6 cm³/mol. The fourth-order valence-electron chi connectivity index (χ4n) is 1.27. The number of hydrazine groups is 1. The number of nitrogens with two attached hydrogens (primary N) is 1. The van der Waals surface area contributed by atoms with Crippen LogP contribution in [0.5, 0.6) is 0 Å². The van der Waals surface area contributed by atoms with Gasteiger partial charge < -0.3 is 10.5 Å². The summed E-state index contributed by atoms with van der Waals surface area (Å²) in [5.41, 5.74) is 3.43. The number of nitrogens with one attached hydrogen (secondary N) is 1. The van der Waals surface area contributed by atoms with Crippen molar-refractivity contribution < 1.29 is 5.11 Å². The minimum atomic E-state index is -0.515. The molecule has 2 heterocycles. The maximum Gasteiger partial charge on any atom is 0.183 e. The average molecular weight is 209 g/mol. The summed E-state index contributed by atoms with van der Waals surface area (Å²) in [6.07, 6.45) is 0.846. The molecular weight excluding hydrogens is 198 g/mol. The molecule has 80 valence electrons. The quantitative estimate of drug-likeness (QED) is 0.433. The van der Waals surface area contributed by atoms with Crippen molar-refractivity contribution in [1.29, 1.82) is 0 Å². The van der Waals surface area contributed by atoms with Crippen LogP contribution >= 0.6 is 0 Å². The molecule has 1 unspecified atom stereocenters. The lowest BCUT2D eigenvalue weighted by atomic mass is 10.4. The van der Waals surface area contributed by atoms with Crippen LogP contribution in [0, 0.1) is 0 Å². The second-order valence-corrected chi connectivity index (χ2v) is 3.16. The van der Waals surface area contributed by atoms with Crippen LogP contribution < -0.4 is 11.3 Å². The molecule has 0 aliphatic carbocycles. The van der Waals surface area contributed by atoms with Gasteiger partial charge in [0, 0.05) is 0 Å². The lowest BCUT2D eigenvalue weighted by Crippen LogP contribution is -2.13. The number of aromatic nitrogens is 5. The second kappa shape index (κ2) is 3.75. The third-order valence-corrected chi connectivity index (χ3v) is 1.87. The van der Waals surface area contributed by atoms with Crippen molar-refractivity contribution >= 4 is 17.0 Å². The molecule has 2 aromatic heterocycles. The number of hydrogen-bond acceptors (Lipinski definition) is 7. The highest BCUT2D eigenvalue weighted by Crippen LogP contribution is 2.14. The van der Waals surface area contributed by atoms with E-state index in [1.165, 1.54) is 11.0 Å². The molecule has 0 amide bonds. The first-order valence-electron chi connectivity index (χ1n) is 4.41. The number of rotatable bonds is 3. The van der Waals surface area contributed by atoms with E-state index >= 15 is 0 Å². The maximum atomic E-state index is 9.24. The van der Waals surface area contributed by atoms with Crippen molar-refractivity contribution in [2.24, 2.45) is 5.84 Å². The largest absolute Gasteiger partial charge is 0.391 e. The maximum absolute atomic E-state index is 9.24. The Morgan fingerprint density at radius 2 is 2.40 bits per heavy atom. The van der Waals surface area contributed by atoms with Crippen molar-refractivity contribution in [2.45, 2.75) is 19.6 Å². The van der Waals surface area contributed by atoms with Crippen molar-refractivity contribution in [3.63, 3.8) is 0 Å². The van der Waals surface area contributed by atoms with Gasteiger partial charge in [-0.25, -0.2) is 20.5 Å². The van der Waals surface area contributed by atoms with Gasteiger partial charge in [0.1, 0.15) is 6.33 Å². The highest BCUT2D eigenvalue weighted by Gasteiger charge is 2.11. The smallest absolute Gasteiger partial charge is 0.183 e. The van der Waals surface area contributed by atoms with Gasteiger partial charge in [0.15, 0.2) is 17.0 Å². The molecule has 0 saturated carbocycles. The molecule has 0 fully saturated rings. The van der Waals surface area contributed by atoms with E-state index in [9.17, 15) is 5.11 Å². The first-order valence-corrected chi connectivity index (χ1v) is 4.41. The van der Waals surface area contributed by atoms with Gasteiger partial charge in [-0.2, -0.15) is 0 Å². The minimum Gasteiger partial charge on any atom is -0.391 e. The van der Waals surface area contributed by atoms with Gasteiger partial charge >= 0.3 is 0 Å². The molecule has 2 aromatic rings. The van der Waals surface area contributed by atoms with Crippen LogP contribution in [0.15, 0.2) is 6.33 Å². The van der Waals surface area contributed by atoms with Crippen LogP contribution in [0.25, 0.3) is 11.2 Å². The lowest BCUT2D eigenvalue weighted by molar-refractivity contribution is 0.169. The summed E-state index contributed by atoms with van der Waals surface area (Å²) in [5, 5.41) is 17.0. The first-order chi connectivity index (χ1) is 7.22. The summed E-state index contributed by atoms with van der Waals surface area (Å²) in [4.78, 5) is 7.92. The van der Waals surface area contributed by atoms with Gasteiger partial charge in [-0.3, -0.25) is 0 Å². The van der Waals surface area contributed by atoms with E-state index in [0.717, 1.165) is 0 Å². The Balaban J connectivity index is 2.51. The Labute approximate surface area is 85.1 Å². The van der Waals surface area contributed by atoms with Crippen LogP contribution in [0.4, 0.5) is 5.82 Å². The van der Waals surface area contributed by atoms with Crippen LogP contribution in [0.3, 0.4) is 0 Å². The third-order valence-electron chi connectivity index (χ3n) is 1.87. The number of nitrogens with zero attached hydrogens (tertiary/aromatic N) is 5. The van der Waals surface area contributed by atoms with E-state index in [4.69, 9.17) is 5.84 Å². The SMILES string of the molecule is CC(O)Cn1nnc2c(NN)ncnc21. The molecule has 8 nitrogen and oxygen atoms in total. The number of nitrogen functional groups attached to an aromatic ring is 1. The lowest BCUT2D eigenvalue weighted by Gasteiger charge is -2.03. The van der Waals surface area contributed by atoms with Crippen LogP contribution in [0.2, 0.25) is 0 Å². The fraction of sp³-hybridized carbons (Fsp3) is 0.429. The van der Waals surface area contributed by atoms with E-state index in [-0.39, 0.29) is 0 Å². The van der Waals surface area contributed by atoms with Crippen LogP contribution in [-0.4, -0.2) is 36.2 Å². The summed E-state index contributed by atoms with van der Waals surface area (Å²) in [6, 6.07) is 0. The minimum absolute atomic E-state index is 0.331. The van der Waals surface area contributed by atoms with Crippen molar-refractivity contribution in [2.75, 3.05) is 5.43 Å².